The van der Waals surface area contributed by atoms with Crippen LogP contribution in [0.2, 0.25) is 5.02 Å². The molecule has 0 bridgehead atoms. The Kier molecular flexibility index (Phi) is 6.89. The predicted octanol–water partition coefficient (Wildman–Crippen LogP) is 3.71. The van der Waals surface area contributed by atoms with Crippen molar-refractivity contribution in [3.63, 3.8) is 0 Å². The summed E-state index contributed by atoms with van der Waals surface area (Å²) >= 11 is 6.14. The van der Waals surface area contributed by atoms with Gasteiger partial charge in [-0.15, -0.1) is 0 Å². The number of halogens is 1. The Morgan fingerprint density at radius 1 is 1.04 bits per heavy atom. The third-order valence-corrected chi connectivity index (χ3v) is 4.19. The van der Waals surface area contributed by atoms with Crippen LogP contribution in [0.25, 0.3) is 0 Å². The standard InChI is InChI=1S/C18H20ClN3O6/c1-10(20-14-8-12(19)15(26-2)9-17(14)28-4)18(23)21-13-6-5-11(22(24)25)7-16(13)27-3/h5-10,20H,1-4H3,(H,21,23)/t10-/m1/s1. The van der Waals surface area contributed by atoms with Gasteiger partial charge in [-0.1, -0.05) is 11.6 Å². The van der Waals surface area contributed by atoms with E-state index in [4.69, 9.17) is 25.8 Å². The van der Waals surface area contributed by atoms with Gasteiger partial charge >= 0.3 is 0 Å². The van der Waals surface area contributed by atoms with Gasteiger partial charge < -0.3 is 24.8 Å². The topological polar surface area (TPSA) is 112 Å². The lowest BCUT2D eigenvalue weighted by Crippen LogP contribution is -2.32. The van der Waals surface area contributed by atoms with Crippen molar-refractivity contribution in [3.8, 4) is 17.2 Å². The number of amides is 1. The molecule has 0 aliphatic heterocycles. The Bertz CT molecular complexity index is 890. The molecule has 1 atom stereocenters. The molecule has 9 nitrogen and oxygen atoms in total. The zero-order valence-corrected chi connectivity index (χ0v) is 16.5. The third-order valence-electron chi connectivity index (χ3n) is 3.89. The van der Waals surface area contributed by atoms with E-state index in [9.17, 15) is 14.9 Å². The Morgan fingerprint density at radius 2 is 1.64 bits per heavy atom. The lowest BCUT2D eigenvalue weighted by atomic mass is 10.2. The summed E-state index contributed by atoms with van der Waals surface area (Å²) in [6.07, 6.45) is 0. The molecule has 0 spiro atoms. The molecule has 0 saturated heterocycles. The molecular weight excluding hydrogens is 390 g/mol. The number of ether oxygens (including phenoxy) is 3. The van der Waals surface area contributed by atoms with E-state index in [-0.39, 0.29) is 17.3 Å². The second kappa shape index (κ2) is 9.14. The second-order valence-electron chi connectivity index (χ2n) is 5.68. The molecule has 2 rings (SSSR count). The molecule has 28 heavy (non-hydrogen) atoms. The van der Waals surface area contributed by atoms with Crippen LogP contribution in [0.3, 0.4) is 0 Å². The summed E-state index contributed by atoms with van der Waals surface area (Å²) in [5.41, 5.74) is 0.678. The first kappa shape index (κ1) is 21.1. The number of anilines is 2. The van der Waals surface area contributed by atoms with Crippen molar-refractivity contribution < 1.29 is 23.9 Å². The van der Waals surface area contributed by atoms with Crippen molar-refractivity contribution in [3.05, 3.63) is 45.5 Å². The van der Waals surface area contributed by atoms with Crippen LogP contribution in [0.5, 0.6) is 17.2 Å². The maximum atomic E-state index is 12.5. The van der Waals surface area contributed by atoms with Crippen LogP contribution in [0.1, 0.15) is 6.92 Å². The molecule has 0 saturated carbocycles. The van der Waals surface area contributed by atoms with Crippen molar-refractivity contribution in [2.24, 2.45) is 0 Å². The van der Waals surface area contributed by atoms with Crippen LogP contribution in [0.15, 0.2) is 30.3 Å². The summed E-state index contributed by atoms with van der Waals surface area (Å²) in [5.74, 6) is 0.687. The molecule has 0 aliphatic rings. The van der Waals surface area contributed by atoms with Gasteiger partial charge in [0.1, 0.15) is 23.3 Å². The fraction of sp³-hybridized carbons (Fsp3) is 0.278. The van der Waals surface area contributed by atoms with Gasteiger partial charge in [-0.2, -0.15) is 0 Å². The number of hydrogen-bond acceptors (Lipinski definition) is 7. The molecule has 0 unspecified atom stereocenters. The van der Waals surface area contributed by atoms with Crippen LogP contribution in [0, 0.1) is 10.1 Å². The number of nitro benzene ring substituents is 1. The number of nitrogens with one attached hydrogen (secondary N) is 2. The first-order chi connectivity index (χ1) is 13.3. The molecule has 0 fully saturated rings. The SMILES string of the molecule is COc1cc(OC)c(N[C@H](C)C(=O)Nc2ccc([N+](=O)[O-])cc2OC)cc1Cl. The molecular formula is C18H20ClN3O6. The quantitative estimate of drug-likeness (QED) is 0.504. The lowest BCUT2D eigenvalue weighted by Gasteiger charge is -2.19. The number of benzene rings is 2. The summed E-state index contributed by atoms with van der Waals surface area (Å²) in [6.45, 7) is 1.64. The van der Waals surface area contributed by atoms with Crippen LogP contribution in [-0.2, 0) is 4.79 Å². The normalized spacial score (nSPS) is 11.3. The monoisotopic (exact) mass is 409 g/mol. The Balaban J connectivity index is 2.18. The maximum absolute atomic E-state index is 12.5. The highest BCUT2D eigenvalue weighted by atomic mass is 35.5. The molecule has 2 aromatic carbocycles. The van der Waals surface area contributed by atoms with Gasteiger partial charge in [-0.25, -0.2) is 0 Å². The number of carbonyl (C=O) groups excluding carboxylic acids is 1. The number of non-ortho nitro benzene ring substituents is 1. The van der Waals surface area contributed by atoms with Crippen LogP contribution in [-0.4, -0.2) is 38.2 Å². The molecule has 0 aliphatic carbocycles. The number of carbonyl (C=O) groups is 1. The first-order valence-corrected chi connectivity index (χ1v) is 8.49. The zero-order chi connectivity index (χ0) is 20.8. The van der Waals surface area contributed by atoms with E-state index in [0.717, 1.165) is 0 Å². The fourth-order valence-electron chi connectivity index (χ4n) is 2.41. The van der Waals surface area contributed by atoms with Gasteiger partial charge in [-0.3, -0.25) is 14.9 Å². The maximum Gasteiger partial charge on any atom is 0.273 e. The highest BCUT2D eigenvalue weighted by Crippen LogP contribution is 2.36. The van der Waals surface area contributed by atoms with Crippen LogP contribution < -0.4 is 24.8 Å². The van der Waals surface area contributed by atoms with Crippen molar-refractivity contribution in [2.45, 2.75) is 13.0 Å². The van der Waals surface area contributed by atoms with E-state index in [1.54, 1.807) is 19.1 Å². The minimum atomic E-state index is -0.682. The highest BCUT2D eigenvalue weighted by molar-refractivity contribution is 6.32. The lowest BCUT2D eigenvalue weighted by molar-refractivity contribution is -0.384. The highest BCUT2D eigenvalue weighted by Gasteiger charge is 2.19. The fourth-order valence-corrected chi connectivity index (χ4v) is 2.65. The molecule has 0 aromatic heterocycles. The van der Waals surface area contributed by atoms with E-state index < -0.39 is 11.0 Å². The summed E-state index contributed by atoms with van der Waals surface area (Å²) in [6, 6.07) is 6.44. The molecule has 0 heterocycles. The largest absolute Gasteiger partial charge is 0.495 e. The Hall–Kier alpha value is -3.20. The summed E-state index contributed by atoms with van der Waals surface area (Å²) in [5, 5.41) is 16.9. The summed E-state index contributed by atoms with van der Waals surface area (Å²) in [7, 11) is 4.34. The molecule has 0 radical (unpaired) electrons. The Morgan fingerprint density at radius 3 is 2.21 bits per heavy atom. The van der Waals surface area contributed by atoms with Crippen LogP contribution >= 0.6 is 11.6 Å². The average molecular weight is 410 g/mol. The predicted molar refractivity (Wildman–Crippen MR) is 106 cm³/mol. The van der Waals surface area contributed by atoms with Gasteiger partial charge in [0.05, 0.1) is 48.7 Å². The minimum absolute atomic E-state index is 0.140. The van der Waals surface area contributed by atoms with Gasteiger partial charge in [0.15, 0.2) is 0 Å². The number of hydrogen-bond donors (Lipinski definition) is 2. The minimum Gasteiger partial charge on any atom is -0.495 e. The van der Waals surface area contributed by atoms with E-state index in [0.29, 0.717) is 27.9 Å². The third kappa shape index (κ3) is 4.74. The van der Waals surface area contributed by atoms with Crippen molar-refractivity contribution in [2.75, 3.05) is 32.0 Å². The molecule has 150 valence electrons. The number of methoxy groups -OCH3 is 3. The second-order valence-corrected chi connectivity index (χ2v) is 6.09. The summed E-state index contributed by atoms with van der Waals surface area (Å²) in [4.78, 5) is 22.9. The number of rotatable bonds is 8. The average Bonchev–Trinajstić information content (AvgIpc) is 2.68. The van der Waals surface area contributed by atoms with E-state index in [1.165, 1.54) is 39.5 Å². The van der Waals surface area contributed by atoms with Crippen LogP contribution in [0.4, 0.5) is 17.1 Å². The zero-order valence-electron chi connectivity index (χ0n) is 15.7. The molecule has 1 amide bonds. The molecule has 2 aromatic rings. The van der Waals surface area contributed by atoms with Gasteiger partial charge in [0.2, 0.25) is 5.91 Å². The summed E-state index contributed by atoms with van der Waals surface area (Å²) < 4.78 is 15.6. The molecule has 10 heteroatoms. The number of nitro groups is 1. The number of nitrogens with zero attached hydrogens (tertiary/aromatic N) is 1. The van der Waals surface area contributed by atoms with E-state index in [1.807, 2.05) is 0 Å². The Labute approximate surface area is 166 Å². The first-order valence-electron chi connectivity index (χ1n) is 8.12. The van der Waals surface area contributed by atoms with Gasteiger partial charge in [-0.05, 0) is 19.1 Å². The van der Waals surface area contributed by atoms with Crippen molar-refractivity contribution >= 4 is 34.6 Å². The molecule has 2 N–H and O–H groups in total. The van der Waals surface area contributed by atoms with Gasteiger partial charge in [0.25, 0.3) is 5.69 Å². The van der Waals surface area contributed by atoms with E-state index >= 15 is 0 Å². The van der Waals surface area contributed by atoms with Crippen molar-refractivity contribution in [1.29, 1.82) is 0 Å². The van der Waals surface area contributed by atoms with Gasteiger partial charge in [0, 0.05) is 12.1 Å². The van der Waals surface area contributed by atoms with E-state index in [2.05, 4.69) is 10.6 Å². The smallest absolute Gasteiger partial charge is 0.273 e. The van der Waals surface area contributed by atoms with Crippen molar-refractivity contribution in [1.82, 2.24) is 0 Å².